The summed E-state index contributed by atoms with van der Waals surface area (Å²) in [5, 5.41) is 0.694. The fraction of sp³-hybridized carbons (Fsp3) is 0.0625. The number of hydrogen-bond acceptors (Lipinski definition) is 1. The highest BCUT2D eigenvalue weighted by Gasteiger charge is 2.13. The van der Waals surface area contributed by atoms with Crippen LogP contribution in [0, 0.1) is 6.92 Å². The van der Waals surface area contributed by atoms with Gasteiger partial charge in [0.1, 0.15) is 5.82 Å². The van der Waals surface area contributed by atoms with Gasteiger partial charge < -0.3 is 4.98 Å². The quantitative estimate of drug-likeness (QED) is 0.654. The minimum atomic E-state index is 0.694. The summed E-state index contributed by atoms with van der Waals surface area (Å²) in [6.07, 6.45) is 0. The van der Waals surface area contributed by atoms with Gasteiger partial charge in [0, 0.05) is 21.3 Å². The SMILES string of the molecule is Cc1[nH]c(-c2ccccc2Cl)nc1-c1ccccc1Br. The highest BCUT2D eigenvalue weighted by molar-refractivity contribution is 9.10. The second-order valence-electron chi connectivity index (χ2n) is 4.52. The Hall–Kier alpha value is -1.58. The van der Waals surface area contributed by atoms with Crippen LogP contribution in [-0.4, -0.2) is 9.97 Å². The van der Waals surface area contributed by atoms with Gasteiger partial charge >= 0.3 is 0 Å². The smallest absolute Gasteiger partial charge is 0.139 e. The molecule has 2 aromatic carbocycles. The van der Waals surface area contributed by atoms with Crippen molar-refractivity contribution < 1.29 is 0 Å². The van der Waals surface area contributed by atoms with E-state index in [1.54, 1.807) is 0 Å². The predicted octanol–water partition coefficient (Wildman–Crippen LogP) is 5.47. The number of aromatic amines is 1. The van der Waals surface area contributed by atoms with Crippen molar-refractivity contribution in [3.05, 3.63) is 63.7 Å². The largest absolute Gasteiger partial charge is 0.341 e. The molecule has 0 bridgehead atoms. The molecule has 0 atom stereocenters. The lowest BCUT2D eigenvalue weighted by molar-refractivity contribution is 1.26. The normalized spacial score (nSPS) is 10.8. The van der Waals surface area contributed by atoms with E-state index in [2.05, 4.69) is 20.9 Å². The topological polar surface area (TPSA) is 28.7 Å². The van der Waals surface area contributed by atoms with E-state index in [0.717, 1.165) is 32.8 Å². The van der Waals surface area contributed by atoms with Crippen molar-refractivity contribution in [2.24, 2.45) is 0 Å². The molecule has 0 aliphatic rings. The number of imidazole rings is 1. The third kappa shape index (κ3) is 2.39. The van der Waals surface area contributed by atoms with Crippen LogP contribution in [0.1, 0.15) is 5.69 Å². The summed E-state index contributed by atoms with van der Waals surface area (Å²) in [7, 11) is 0. The molecule has 3 aromatic rings. The fourth-order valence-corrected chi connectivity index (χ4v) is 2.85. The van der Waals surface area contributed by atoms with Crippen molar-refractivity contribution in [2.45, 2.75) is 6.92 Å². The Morgan fingerprint density at radius 3 is 2.35 bits per heavy atom. The number of rotatable bonds is 2. The first-order chi connectivity index (χ1) is 9.66. The zero-order chi connectivity index (χ0) is 14.1. The molecule has 0 fully saturated rings. The first kappa shape index (κ1) is 13.4. The predicted molar refractivity (Wildman–Crippen MR) is 86.9 cm³/mol. The molecule has 0 spiro atoms. The molecule has 1 aromatic heterocycles. The summed E-state index contributed by atoms with van der Waals surface area (Å²) in [4.78, 5) is 8.01. The van der Waals surface area contributed by atoms with Gasteiger partial charge in [-0.1, -0.05) is 57.9 Å². The van der Waals surface area contributed by atoms with Crippen LogP contribution in [-0.2, 0) is 0 Å². The van der Waals surface area contributed by atoms with Crippen LogP contribution in [0.5, 0.6) is 0 Å². The van der Waals surface area contributed by atoms with Gasteiger partial charge in [-0.3, -0.25) is 0 Å². The fourth-order valence-electron chi connectivity index (χ4n) is 2.16. The van der Waals surface area contributed by atoms with Crippen LogP contribution < -0.4 is 0 Å². The highest BCUT2D eigenvalue weighted by atomic mass is 79.9. The molecule has 0 radical (unpaired) electrons. The standard InChI is InChI=1S/C16H12BrClN2/c1-10-15(11-6-2-4-8-13(11)17)20-16(19-10)12-7-3-5-9-14(12)18/h2-9H,1H3,(H,19,20). The maximum Gasteiger partial charge on any atom is 0.139 e. The van der Waals surface area contributed by atoms with Gasteiger partial charge in [0.15, 0.2) is 0 Å². The minimum absolute atomic E-state index is 0.694. The molecule has 100 valence electrons. The van der Waals surface area contributed by atoms with E-state index in [4.69, 9.17) is 16.6 Å². The minimum Gasteiger partial charge on any atom is -0.341 e. The molecule has 3 rings (SSSR count). The third-order valence-corrected chi connectivity index (χ3v) is 4.16. The average molecular weight is 348 g/mol. The van der Waals surface area contributed by atoms with Crippen molar-refractivity contribution in [2.75, 3.05) is 0 Å². The van der Waals surface area contributed by atoms with E-state index < -0.39 is 0 Å². The van der Waals surface area contributed by atoms with Gasteiger partial charge in [-0.05, 0) is 25.1 Å². The van der Waals surface area contributed by atoms with E-state index in [1.165, 1.54) is 0 Å². The summed E-state index contributed by atoms with van der Waals surface area (Å²) in [6.45, 7) is 2.02. The van der Waals surface area contributed by atoms with Crippen LogP contribution in [0.15, 0.2) is 53.0 Å². The first-order valence-corrected chi connectivity index (χ1v) is 7.40. The highest BCUT2D eigenvalue weighted by Crippen LogP contribution is 2.32. The third-order valence-electron chi connectivity index (χ3n) is 3.14. The van der Waals surface area contributed by atoms with Gasteiger partial charge in [-0.2, -0.15) is 0 Å². The average Bonchev–Trinajstić information content (AvgIpc) is 2.81. The number of halogens is 2. The van der Waals surface area contributed by atoms with E-state index in [-0.39, 0.29) is 0 Å². The second-order valence-corrected chi connectivity index (χ2v) is 5.78. The number of nitrogens with one attached hydrogen (secondary N) is 1. The van der Waals surface area contributed by atoms with Crippen LogP contribution in [0.2, 0.25) is 5.02 Å². The van der Waals surface area contributed by atoms with Crippen LogP contribution in [0.25, 0.3) is 22.6 Å². The number of H-pyrrole nitrogens is 1. The molecule has 0 unspecified atom stereocenters. The molecule has 1 N–H and O–H groups in total. The van der Waals surface area contributed by atoms with Gasteiger partial charge in [0.2, 0.25) is 0 Å². The summed E-state index contributed by atoms with van der Waals surface area (Å²) >= 11 is 9.80. The number of benzene rings is 2. The van der Waals surface area contributed by atoms with E-state index in [0.29, 0.717) is 5.02 Å². The monoisotopic (exact) mass is 346 g/mol. The molecular formula is C16H12BrClN2. The Labute approximate surface area is 131 Å². The van der Waals surface area contributed by atoms with Gasteiger partial charge in [-0.15, -0.1) is 0 Å². The number of hydrogen-bond donors (Lipinski definition) is 1. The van der Waals surface area contributed by atoms with E-state index >= 15 is 0 Å². The van der Waals surface area contributed by atoms with Crippen LogP contribution >= 0.6 is 27.5 Å². The zero-order valence-corrected chi connectivity index (χ0v) is 13.2. The molecule has 4 heteroatoms. The maximum absolute atomic E-state index is 6.23. The van der Waals surface area contributed by atoms with Crippen molar-refractivity contribution in [3.8, 4) is 22.6 Å². The summed E-state index contributed by atoms with van der Waals surface area (Å²) < 4.78 is 1.03. The number of nitrogens with zero attached hydrogens (tertiary/aromatic N) is 1. The Kier molecular flexibility index (Phi) is 3.64. The van der Waals surface area contributed by atoms with Crippen molar-refractivity contribution in [3.63, 3.8) is 0 Å². The Morgan fingerprint density at radius 2 is 1.65 bits per heavy atom. The Morgan fingerprint density at radius 1 is 1.00 bits per heavy atom. The molecule has 0 amide bonds. The summed E-state index contributed by atoms with van der Waals surface area (Å²) in [5.74, 6) is 0.791. The summed E-state index contributed by atoms with van der Waals surface area (Å²) in [5.41, 5.74) is 3.94. The van der Waals surface area contributed by atoms with Gasteiger partial charge in [0.05, 0.1) is 10.7 Å². The zero-order valence-electron chi connectivity index (χ0n) is 10.8. The molecule has 0 aliphatic heterocycles. The molecule has 1 heterocycles. The molecule has 0 saturated carbocycles. The van der Waals surface area contributed by atoms with E-state index in [1.807, 2.05) is 55.5 Å². The maximum atomic E-state index is 6.23. The molecule has 0 aliphatic carbocycles. The van der Waals surface area contributed by atoms with Gasteiger partial charge in [-0.25, -0.2) is 4.98 Å². The molecule has 0 saturated heterocycles. The lowest BCUT2D eigenvalue weighted by Crippen LogP contribution is -1.83. The lowest BCUT2D eigenvalue weighted by Gasteiger charge is -2.01. The van der Waals surface area contributed by atoms with Crippen LogP contribution in [0.4, 0.5) is 0 Å². The molecular weight excluding hydrogens is 336 g/mol. The van der Waals surface area contributed by atoms with Crippen molar-refractivity contribution >= 4 is 27.5 Å². The van der Waals surface area contributed by atoms with Gasteiger partial charge in [0.25, 0.3) is 0 Å². The van der Waals surface area contributed by atoms with Crippen molar-refractivity contribution in [1.29, 1.82) is 0 Å². The summed E-state index contributed by atoms with van der Waals surface area (Å²) in [6, 6.07) is 15.8. The Balaban J connectivity index is 2.13. The molecule has 2 nitrogen and oxygen atoms in total. The number of aromatic nitrogens is 2. The lowest BCUT2D eigenvalue weighted by atomic mass is 10.1. The second kappa shape index (κ2) is 5.43. The van der Waals surface area contributed by atoms with Crippen LogP contribution in [0.3, 0.4) is 0 Å². The Bertz CT molecular complexity index is 765. The molecule has 20 heavy (non-hydrogen) atoms. The first-order valence-electron chi connectivity index (χ1n) is 6.23. The van der Waals surface area contributed by atoms with E-state index in [9.17, 15) is 0 Å². The number of aryl methyl sites for hydroxylation is 1. The van der Waals surface area contributed by atoms with Crippen molar-refractivity contribution in [1.82, 2.24) is 9.97 Å².